The van der Waals surface area contributed by atoms with E-state index >= 15 is 0 Å². The van der Waals surface area contributed by atoms with Crippen LogP contribution in [0.3, 0.4) is 0 Å². The minimum Gasteiger partial charge on any atom is -0.306 e. The van der Waals surface area contributed by atoms with Crippen molar-refractivity contribution < 1.29 is 0 Å². The van der Waals surface area contributed by atoms with Crippen molar-refractivity contribution in [3.05, 3.63) is 65.5 Å². The zero-order valence-corrected chi connectivity index (χ0v) is 11.1. The highest BCUT2D eigenvalue weighted by Crippen LogP contribution is 2.21. The first-order valence-electron chi connectivity index (χ1n) is 6.57. The summed E-state index contributed by atoms with van der Waals surface area (Å²) >= 11 is 0. The van der Waals surface area contributed by atoms with E-state index in [9.17, 15) is 0 Å². The maximum Gasteiger partial charge on any atom is 0.0591 e. The van der Waals surface area contributed by atoms with Gasteiger partial charge in [0.2, 0.25) is 0 Å². The molecule has 1 atom stereocenters. The Kier molecular flexibility index (Phi) is 4.48. The first kappa shape index (κ1) is 12.8. The molecule has 1 heterocycles. The molecule has 0 unspecified atom stereocenters. The monoisotopic (exact) mass is 240 g/mol. The molecule has 1 aromatic carbocycles. The molecule has 0 aliphatic heterocycles. The predicted molar refractivity (Wildman–Crippen MR) is 75.6 cm³/mol. The van der Waals surface area contributed by atoms with Gasteiger partial charge < -0.3 is 5.32 Å². The van der Waals surface area contributed by atoms with E-state index in [0.717, 1.165) is 13.0 Å². The van der Waals surface area contributed by atoms with Crippen molar-refractivity contribution in [2.75, 3.05) is 6.54 Å². The van der Waals surface area contributed by atoms with Crippen molar-refractivity contribution in [2.45, 2.75) is 26.3 Å². The first-order valence-corrected chi connectivity index (χ1v) is 6.57. The number of hydrogen-bond acceptors (Lipinski definition) is 2. The Balaban J connectivity index is 2.29. The molecule has 0 saturated heterocycles. The van der Waals surface area contributed by atoms with Crippen LogP contribution >= 0.6 is 0 Å². The largest absolute Gasteiger partial charge is 0.306 e. The molecule has 0 saturated carbocycles. The molecule has 94 valence electrons. The average Bonchev–Trinajstić information content (AvgIpc) is 2.46. The third-order valence-electron chi connectivity index (χ3n) is 3.15. The van der Waals surface area contributed by atoms with E-state index in [-0.39, 0.29) is 6.04 Å². The number of rotatable bonds is 5. The lowest BCUT2D eigenvalue weighted by atomic mass is 9.98. The molecule has 0 fully saturated rings. The summed E-state index contributed by atoms with van der Waals surface area (Å²) in [4.78, 5) is 4.21. The lowest BCUT2D eigenvalue weighted by molar-refractivity contribution is 0.628. The molecule has 0 radical (unpaired) electrons. The quantitative estimate of drug-likeness (QED) is 0.867. The maximum absolute atomic E-state index is 4.21. The highest BCUT2D eigenvalue weighted by molar-refractivity contribution is 5.32. The molecule has 0 amide bonds. The van der Waals surface area contributed by atoms with Gasteiger partial charge >= 0.3 is 0 Å². The molecule has 1 N–H and O–H groups in total. The van der Waals surface area contributed by atoms with Crippen LogP contribution in [-0.4, -0.2) is 11.5 Å². The normalized spacial score (nSPS) is 12.3. The molecule has 18 heavy (non-hydrogen) atoms. The van der Waals surface area contributed by atoms with Crippen LogP contribution in [0.15, 0.2) is 48.8 Å². The van der Waals surface area contributed by atoms with Gasteiger partial charge in [-0.15, -0.1) is 0 Å². The molecule has 0 spiro atoms. The van der Waals surface area contributed by atoms with Crippen LogP contribution in [0.4, 0.5) is 0 Å². The molecular formula is C16H20N2. The van der Waals surface area contributed by atoms with Crippen molar-refractivity contribution >= 4 is 0 Å². The second-order valence-corrected chi connectivity index (χ2v) is 4.37. The summed E-state index contributed by atoms with van der Waals surface area (Å²) in [7, 11) is 0. The van der Waals surface area contributed by atoms with Crippen LogP contribution in [0, 0.1) is 0 Å². The van der Waals surface area contributed by atoms with Gasteiger partial charge in [-0.25, -0.2) is 0 Å². The van der Waals surface area contributed by atoms with Gasteiger partial charge in [0.05, 0.1) is 6.04 Å². The summed E-state index contributed by atoms with van der Waals surface area (Å²) in [5, 5.41) is 3.51. The second kappa shape index (κ2) is 6.31. The summed E-state index contributed by atoms with van der Waals surface area (Å²) in [6.45, 7) is 5.25. The highest BCUT2D eigenvalue weighted by atomic mass is 14.9. The number of hydrogen-bond donors (Lipinski definition) is 1. The lowest BCUT2D eigenvalue weighted by Crippen LogP contribution is -2.22. The molecule has 2 aromatic rings. The fraction of sp³-hybridized carbons (Fsp3) is 0.312. The van der Waals surface area contributed by atoms with Crippen LogP contribution in [0.25, 0.3) is 0 Å². The fourth-order valence-corrected chi connectivity index (χ4v) is 2.12. The zero-order valence-electron chi connectivity index (χ0n) is 11.1. The van der Waals surface area contributed by atoms with Crippen molar-refractivity contribution in [2.24, 2.45) is 0 Å². The summed E-state index contributed by atoms with van der Waals surface area (Å²) in [5.41, 5.74) is 3.88. The Bertz CT molecular complexity index is 462. The molecule has 2 heteroatoms. The fourth-order valence-electron chi connectivity index (χ4n) is 2.12. The van der Waals surface area contributed by atoms with Gasteiger partial charge in [-0.05, 0) is 35.7 Å². The number of aromatic nitrogens is 1. The molecule has 0 aliphatic carbocycles. The van der Waals surface area contributed by atoms with Crippen molar-refractivity contribution in [1.29, 1.82) is 0 Å². The Morgan fingerprint density at radius 1 is 1.06 bits per heavy atom. The molecule has 2 rings (SSSR count). The van der Waals surface area contributed by atoms with Crippen molar-refractivity contribution in [3.63, 3.8) is 0 Å². The zero-order chi connectivity index (χ0) is 12.8. The average molecular weight is 240 g/mol. The van der Waals surface area contributed by atoms with Crippen LogP contribution in [0.5, 0.6) is 0 Å². The molecular weight excluding hydrogens is 220 g/mol. The van der Waals surface area contributed by atoms with Gasteiger partial charge in [-0.2, -0.15) is 0 Å². The molecule has 2 nitrogen and oxygen atoms in total. The lowest BCUT2D eigenvalue weighted by Gasteiger charge is -2.18. The standard InChI is InChI=1S/C16H20N2/c1-3-13-7-9-14(10-8-13)16(18-4-2)15-6-5-11-17-12-15/h5-12,16,18H,3-4H2,1-2H3/t16-/m0/s1. The summed E-state index contributed by atoms with van der Waals surface area (Å²) in [6.07, 6.45) is 4.83. The van der Waals surface area contributed by atoms with E-state index in [1.807, 2.05) is 18.5 Å². The Hall–Kier alpha value is -1.67. The van der Waals surface area contributed by atoms with Crippen LogP contribution in [0.2, 0.25) is 0 Å². The number of benzene rings is 1. The van der Waals surface area contributed by atoms with Crippen molar-refractivity contribution in [1.82, 2.24) is 10.3 Å². The van der Waals surface area contributed by atoms with Gasteiger partial charge in [0, 0.05) is 12.4 Å². The summed E-state index contributed by atoms with van der Waals surface area (Å²) in [6, 6.07) is 13.2. The highest BCUT2D eigenvalue weighted by Gasteiger charge is 2.12. The van der Waals surface area contributed by atoms with E-state index in [1.165, 1.54) is 16.7 Å². The van der Waals surface area contributed by atoms with Gasteiger partial charge in [-0.3, -0.25) is 4.98 Å². The van der Waals surface area contributed by atoms with E-state index < -0.39 is 0 Å². The van der Waals surface area contributed by atoms with Gasteiger partial charge in [-0.1, -0.05) is 44.2 Å². The first-order chi connectivity index (χ1) is 8.85. The summed E-state index contributed by atoms with van der Waals surface area (Å²) < 4.78 is 0. The van der Waals surface area contributed by atoms with Gasteiger partial charge in [0.1, 0.15) is 0 Å². The number of nitrogens with one attached hydrogen (secondary N) is 1. The molecule has 1 aromatic heterocycles. The smallest absolute Gasteiger partial charge is 0.0591 e. The van der Waals surface area contributed by atoms with E-state index in [1.54, 1.807) is 0 Å². The topological polar surface area (TPSA) is 24.9 Å². The summed E-state index contributed by atoms with van der Waals surface area (Å²) in [5.74, 6) is 0. The molecule has 0 aliphatic rings. The van der Waals surface area contributed by atoms with Crippen LogP contribution in [-0.2, 0) is 6.42 Å². The van der Waals surface area contributed by atoms with Gasteiger partial charge in [0.25, 0.3) is 0 Å². The van der Waals surface area contributed by atoms with Gasteiger partial charge in [0.15, 0.2) is 0 Å². The Labute approximate surface area is 109 Å². The van der Waals surface area contributed by atoms with Crippen molar-refractivity contribution in [3.8, 4) is 0 Å². The van der Waals surface area contributed by atoms with E-state index in [2.05, 4.69) is 54.5 Å². The minimum atomic E-state index is 0.231. The Morgan fingerprint density at radius 3 is 2.39 bits per heavy atom. The minimum absolute atomic E-state index is 0.231. The predicted octanol–water partition coefficient (Wildman–Crippen LogP) is 3.34. The number of nitrogens with zero attached hydrogens (tertiary/aromatic N) is 1. The third kappa shape index (κ3) is 2.96. The van der Waals surface area contributed by atoms with Crippen LogP contribution < -0.4 is 5.32 Å². The van der Waals surface area contributed by atoms with E-state index in [0.29, 0.717) is 0 Å². The van der Waals surface area contributed by atoms with E-state index in [4.69, 9.17) is 0 Å². The third-order valence-corrected chi connectivity index (χ3v) is 3.15. The second-order valence-electron chi connectivity index (χ2n) is 4.37. The number of aryl methyl sites for hydroxylation is 1. The number of pyridine rings is 1. The maximum atomic E-state index is 4.21. The SMILES string of the molecule is CCN[C@@H](c1ccc(CC)cc1)c1cccnc1. The Morgan fingerprint density at radius 2 is 1.83 bits per heavy atom. The molecule has 0 bridgehead atoms. The van der Waals surface area contributed by atoms with Crippen LogP contribution in [0.1, 0.15) is 36.6 Å².